The highest BCUT2D eigenvalue weighted by atomic mass is 19.1. The van der Waals surface area contributed by atoms with Gasteiger partial charge in [0.05, 0.1) is 31.9 Å². The number of carbonyl (C=O) groups is 1. The van der Waals surface area contributed by atoms with Gasteiger partial charge in [-0.1, -0.05) is 0 Å². The van der Waals surface area contributed by atoms with Crippen LogP contribution < -0.4 is 14.2 Å². The van der Waals surface area contributed by atoms with Crippen LogP contribution in [0.2, 0.25) is 0 Å². The smallest absolute Gasteiger partial charge is 0.415 e. The van der Waals surface area contributed by atoms with Crippen LogP contribution in [-0.2, 0) is 4.74 Å². The predicted octanol–water partition coefficient (Wildman–Crippen LogP) is 5.18. The zero-order chi connectivity index (χ0) is 23.8. The fourth-order valence-electron chi connectivity index (χ4n) is 4.09. The lowest BCUT2D eigenvalue weighted by Crippen LogP contribution is -2.48. The standard InChI is InChI=1S/C25H24FN3O5/c1-14-10-17-18(28-14)4-5-21(24(17)26)33-20-6-7-27-19-12-22(31-3)23(11-16(19)20)34-25(30)29-8-9-32-13-15(29)2/h4-7,10-12,15,28H,8-9,13H2,1-3H3/t15-/m0/s1. The van der Waals surface area contributed by atoms with Crippen molar-refractivity contribution in [3.05, 3.63) is 54.1 Å². The topological polar surface area (TPSA) is 85.9 Å². The van der Waals surface area contributed by atoms with Crippen LogP contribution >= 0.6 is 0 Å². The summed E-state index contributed by atoms with van der Waals surface area (Å²) in [6.07, 6.45) is 1.06. The first kappa shape index (κ1) is 22.0. The fourth-order valence-corrected chi connectivity index (χ4v) is 4.09. The summed E-state index contributed by atoms with van der Waals surface area (Å²) in [5.41, 5.74) is 2.10. The lowest BCUT2D eigenvalue weighted by atomic mass is 10.1. The second-order valence-electron chi connectivity index (χ2n) is 8.21. The van der Waals surface area contributed by atoms with Gasteiger partial charge in [-0.3, -0.25) is 4.98 Å². The molecule has 0 spiro atoms. The first-order chi connectivity index (χ1) is 16.4. The number of fused-ring (bicyclic) bond motifs is 2. The van der Waals surface area contributed by atoms with Crippen molar-refractivity contribution in [2.75, 3.05) is 26.9 Å². The summed E-state index contributed by atoms with van der Waals surface area (Å²) >= 11 is 0. The number of halogens is 1. The summed E-state index contributed by atoms with van der Waals surface area (Å²) in [5.74, 6) is 0.550. The SMILES string of the molecule is COc1cc2nccc(Oc3ccc4[nH]c(C)cc4c3F)c2cc1OC(=O)N1CCOC[C@@H]1C. The van der Waals surface area contributed by atoms with Gasteiger partial charge in [0, 0.05) is 40.8 Å². The molecule has 176 valence electrons. The van der Waals surface area contributed by atoms with Crippen LogP contribution in [0.5, 0.6) is 23.0 Å². The van der Waals surface area contributed by atoms with Crippen molar-refractivity contribution in [1.29, 1.82) is 0 Å². The monoisotopic (exact) mass is 465 g/mol. The zero-order valence-corrected chi connectivity index (χ0v) is 19.1. The highest BCUT2D eigenvalue weighted by Crippen LogP contribution is 2.38. The van der Waals surface area contributed by atoms with Crippen LogP contribution in [-0.4, -0.2) is 53.9 Å². The number of aryl methyl sites for hydroxylation is 1. The number of H-pyrrole nitrogens is 1. The van der Waals surface area contributed by atoms with Gasteiger partial charge in [0.15, 0.2) is 23.1 Å². The van der Waals surface area contributed by atoms with Gasteiger partial charge < -0.3 is 28.8 Å². The van der Waals surface area contributed by atoms with Gasteiger partial charge in [0.1, 0.15) is 5.75 Å². The number of benzene rings is 2. The molecule has 3 heterocycles. The molecule has 4 aromatic rings. The Morgan fingerprint density at radius 3 is 2.79 bits per heavy atom. The number of rotatable bonds is 4. The number of pyridine rings is 1. The molecule has 1 aliphatic heterocycles. The Labute approximate surface area is 195 Å². The molecule has 8 nitrogen and oxygen atoms in total. The third-order valence-corrected chi connectivity index (χ3v) is 5.84. The molecule has 0 saturated carbocycles. The minimum atomic E-state index is -0.501. The van der Waals surface area contributed by atoms with Gasteiger partial charge in [-0.2, -0.15) is 0 Å². The maximum Gasteiger partial charge on any atom is 0.415 e. The molecular weight excluding hydrogens is 441 g/mol. The number of amides is 1. The van der Waals surface area contributed by atoms with E-state index in [0.29, 0.717) is 53.1 Å². The van der Waals surface area contributed by atoms with E-state index in [-0.39, 0.29) is 17.5 Å². The van der Waals surface area contributed by atoms with Crippen molar-refractivity contribution < 1.29 is 28.1 Å². The van der Waals surface area contributed by atoms with E-state index >= 15 is 4.39 Å². The van der Waals surface area contributed by atoms with E-state index in [1.165, 1.54) is 7.11 Å². The highest BCUT2D eigenvalue weighted by Gasteiger charge is 2.26. The van der Waals surface area contributed by atoms with Gasteiger partial charge in [-0.25, -0.2) is 9.18 Å². The number of nitrogens with zero attached hydrogens (tertiary/aromatic N) is 2. The predicted molar refractivity (Wildman–Crippen MR) is 124 cm³/mol. The first-order valence-corrected chi connectivity index (χ1v) is 10.9. The number of ether oxygens (including phenoxy) is 4. The van der Waals surface area contributed by atoms with E-state index < -0.39 is 11.9 Å². The number of nitrogens with one attached hydrogen (secondary N) is 1. The maximum absolute atomic E-state index is 15.1. The summed E-state index contributed by atoms with van der Waals surface area (Å²) < 4.78 is 37.6. The van der Waals surface area contributed by atoms with Crippen LogP contribution in [0.25, 0.3) is 21.8 Å². The largest absolute Gasteiger partial charge is 0.493 e. The van der Waals surface area contributed by atoms with Crippen LogP contribution in [0.1, 0.15) is 12.6 Å². The fraction of sp³-hybridized carbons (Fsp3) is 0.280. The van der Waals surface area contributed by atoms with E-state index in [0.717, 1.165) is 5.69 Å². The second-order valence-corrected chi connectivity index (χ2v) is 8.21. The number of morpholine rings is 1. The van der Waals surface area contributed by atoms with E-state index in [1.54, 1.807) is 47.5 Å². The molecule has 0 unspecified atom stereocenters. The summed E-state index contributed by atoms with van der Waals surface area (Å²) in [4.78, 5) is 21.9. The number of carbonyl (C=O) groups excluding carboxylic acids is 1. The number of aromatic amines is 1. The molecule has 1 aliphatic rings. The average molecular weight is 465 g/mol. The molecule has 1 N–H and O–H groups in total. The molecule has 0 bridgehead atoms. The molecule has 1 fully saturated rings. The van der Waals surface area contributed by atoms with Crippen LogP contribution in [0.15, 0.2) is 42.6 Å². The van der Waals surface area contributed by atoms with Crippen LogP contribution in [0.4, 0.5) is 9.18 Å². The third kappa shape index (κ3) is 3.99. The quantitative estimate of drug-likeness (QED) is 0.447. The van der Waals surface area contributed by atoms with Crippen LogP contribution in [0, 0.1) is 12.7 Å². The van der Waals surface area contributed by atoms with E-state index in [9.17, 15) is 4.79 Å². The lowest BCUT2D eigenvalue weighted by molar-refractivity contribution is 0.00834. The molecule has 2 aromatic carbocycles. The summed E-state index contributed by atoms with van der Waals surface area (Å²) in [5, 5.41) is 0.996. The van der Waals surface area contributed by atoms with E-state index in [4.69, 9.17) is 18.9 Å². The third-order valence-electron chi connectivity index (χ3n) is 5.84. The molecule has 1 saturated heterocycles. The Morgan fingerprint density at radius 2 is 2.00 bits per heavy atom. The Balaban J connectivity index is 1.51. The molecule has 0 radical (unpaired) electrons. The molecule has 9 heteroatoms. The lowest BCUT2D eigenvalue weighted by Gasteiger charge is -2.32. The van der Waals surface area contributed by atoms with E-state index in [2.05, 4.69) is 9.97 Å². The molecule has 5 rings (SSSR count). The minimum Gasteiger partial charge on any atom is -0.493 e. The summed E-state index contributed by atoms with van der Waals surface area (Å²) in [6, 6.07) is 9.88. The molecule has 2 aromatic heterocycles. The van der Waals surface area contributed by atoms with Crippen molar-refractivity contribution >= 4 is 27.9 Å². The summed E-state index contributed by atoms with van der Waals surface area (Å²) in [7, 11) is 1.49. The van der Waals surface area contributed by atoms with Gasteiger partial charge >= 0.3 is 6.09 Å². The van der Waals surface area contributed by atoms with Crippen LogP contribution in [0.3, 0.4) is 0 Å². The number of hydrogen-bond acceptors (Lipinski definition) is 6. The number of hydrogen-bond donors (Lipinski definition) is 1. The zero-order valence-electron chi connectivity index (χ0n) is 19.1. The Hall–Kier alpha value is -3.85. The Bertz CT molecular complexity index is 1390. The highest BCUT2D eigenvalue weighted by molar-refractivity contribution is 5.89. The molecular formula is C25H24FN3O5. The van der Waals surface area contributed by atoms with Crippen molar-refractivity contribution in [2.45, 2.75) is 19.9 Å². The van der Waals surface area contributed by atoms with Gasteiger partial charge in [-0.05, 0) is 44.2 Å². The molecule has 1 amide bonds. The molecule has 0 aliphatic carbocycles. The van der Waals surface area contributed by atoms with Gasteiger partial charge in [0.2, 0.25) is 0 Å². The average Bonchev–Trinajstić information content (AvgIpc) is 3.22. The Kier molecular flexibility index (Phi) is 5.70. The molecule has 1 atom stereocenters. The summed E-state index contributed by atoms with van der Waals surface area (Å²) in [6.45, 7) is 5.09. The van der Waals surface area contributed by atoms with Crippen molar-refractivity contribution in [3.8, 4) is 23.0 Å². The minimum absolute atomic E-state index is 0.0792. The van der Waals surface area contributed by atoms with Crippen molar-refractivity contribution in [1.82, 2.24) is 14.9 Å². The van der Waals surface area contributed by atoms with Gasteiger partial charge in [0.25, 0.3) is 0 Å². The first-order valence-electron chi connectivity index (χ1n) is 10.9. The van der Waals surface area contributed by atoms with Crippen molar-refractivity contribution in [2.24, 2.45) is 0 Å². The molecule has 34 heavy (non-hydrogen) atoms. The van der Waals surface area contributed by atoms with Crippen molar-refractivity contribution in [3.63, 3.8) is 0 Å². The maximum atomic E-state index is 15.1. The number of aromatic nitrogens is 2. The van der Waals surface area contributed by atoms with Gasteiger partial charge in [-0.15, -0.1) is 0 Å². The normalized spacial score (nSPS) is 16.1. The second kappa shape index (κ2) is 8.83. The Morgan fingerprint density at radius 1 is 1.15 bits per heavy atom. The number of methoxy groups -OCH3 is 1. The van der Waals surface area contributed by atoms with E-state index in [1.807, 2.05) is 13.8 Å².